The summed E-state index contributed by atoms with van der Waals surface area (Å²) >= 11 is 5.08. The normalized spacial score (nSPS) is 18.8. The van der Waals surface area contributed by atoms with Crippen LogP contribution in [0.2, 0.25) is 18.1 Å². The van der Waals surface area contributed by atoms with Gasteiger partial charge >= 0.3 is 12.9 Å². The highest BCUT2D eigenvalue weighted by Gasteiger charge is 2.54. The van der Waals surface area contributed by atoms with Gasteiger partial charge in [0.1, 0.15) is 29.3 Å². The molecule has 1 aliphatic rings. The Morgan fingerprint density at radius 3 is 1.74 bits per heavy atom. The highest BCUT2D eigenvalue weighted by Crippen LogP contribution is 2.46. The summed E-state index contributed by atoms with van der Waals surface area (Å²) in [5, 5.41) is -0.242. The van der Waals surface area contributed by atoms with E-state index in [4.69, 9.17) is 40.1 Å². The van der Waals surface area contributed by atoms with Crippen molar-refractivity contribution >= 4 is 27.8 Å². The van der Waals surface area contributed by atoms with Gasteiger partial charge in [0.2, 0.25) is 0 Å². The Labute approximate surface area is 344 Å². The zero-order valence-electron chi connectivity index (χ0n) is 34.8. The van der Waals surface area contributed by atoms with Gasteiger partial charge < -0.3 is 40.5 Å². The van der Waals surface area contributed by atoms with Gasteiger partial charge in [0.15, 0.2) is 20.6 Å². The van der Waals surface area contributed by atoms with Crippen molar-refractivity contribution in [3.63, 3.8) is 0 Å². The Morgan fingerprint density at radius 1 is 0.807 bits per heavy atom. The number of nitrogens with one attached hydrogen (secondary N) is 2. The first-order valence-electron chi connectivity index (χ1n) is 19.3. The van der Waals surface area contributed by atoms with Crippen molar-refractivity contribution in [3.05, 3.63) is 129 Å². The molecule has 4 aromatic rings. The van der Waals surface area contributed by atoms with Crippen LogP contribution in [0.25, 0.3) is 0 Å². The fourth-order valence-corrected chi connectivity index (χ4v) is 8.63. The second-order valence-electron chi connectivity index (χ2n) is 15.3. The van der Waals surface area contributed by atoms with Gasteiger partial charge in [-0.25, -0.2) is 4.79 Å². The highest BCUT2D eigenvalue weighted by molar-refractivity contribution is 8.25. The molecular formula is C42H59N3O9PSSi+. The van der Waals surface area contributed by atoms with Crippen LogP contribution in [0.4, 0.5) is 0 Å². The molecule has 0 aliphatic carbocycles. The second kappa shape index (κ2) is 20.4. The minimum absolute atomic E-state index is 0.109. The number of benzene rings is 3. The average molecular weight is 841 g/mol. The van der Waals surface area contributed by atoms with Crippen molar-refractivity contribution in [1.29, 1.82) is 0 Å². The standard InChI is InChI=1S/C36H43N2O9PSSi.C6H15N/c1-35(2,3)50(6,7)47-32-31(46-48(41)49)29(45-33(32)38-22-21-30(39)37-34(38)40)23-44-36(24-11-9-8-10-12-24,25-13-17-27(42-4)18-14-25)26-15-19-28(43-5)20-16-26;1-4-7(5-2)6-3/h8-22,29,31-33H,23H2,1-7H3,(H,37,39,40);4-6H2,1-3H3/p+1/t29-,31-,32-,33-;/m1./s1. The molecule has 15 heteroatoms. The third-order valence-electron chi connectivity index (χ3n) is 11.0. The molecule has 2 N–H and O–H groups in total. The molecule has 1 saturated heterocycles. The van der Waals surface area contributed by atoms with E-state index < -0.39 is 56.9 Å². The van der Waals surface area contributed by atoms with E-state index in [0.717, 1.165) is 16.7 Å². The van der Waals surface area contributed by atoms with Crippen LogP contribution in [0.5, 0.6) is 11.5 Å². The molecule has 0 bridgehead atoms. The van der Waals surface area contributed by atoms with E-state index in [1.807, 2.05) is 78.9 Å². The molecule has 0 radical (unpaired) electrons. The van der Waals surface area contributed by atoms with Crippen molar-refractivity contribution < 1.29 is 37.4 Å². The predicted octanol–water partition coefficient (Wildman–Crippen LogP) is 6.37. The van der Waals surface area contributed by atoms with Crippen LogP contribution in [0.15, 0.2) is 101 Å². The SMILES string of the molecule is CC[NH+](CC)CC.COc1ccc(C(OC[C@H]2O[C@@H](n3ccc(=O)[nH]c3=O)[C@H](O[Si](C)(C)C(C)(C)C)[C@@H]2O[P+](=O)[S-])(c2ccccc2)c2ccc(OC)cc2)cc1. The molecule has 0 amide bonds. The number of nitrogens with zero attached hydrogens (tertiary/aromatic N) is 1. The van der Waals surface area contributed by atoms with Crippen LogP contribution in [-0.2, 0) is 40.8 Å². The van der Waals surface area contributed by atoms with Gasteiger partial charge in [0.25, 0.3) is 5.56 Å². The van der Waals surface area contributed by atoms with E-state index in [-0.39, 0.29) is 11.6 Å². The molecule has 12 nitrogen and oxygen atoms in total. The number of hydrogen-bond acceptors (Lipinski definition) is 10. The molecular weight excluding hydrogens is 782 g/mol. The van der Waals surface area contributed by atoms with Gasteiger partial charge in [-0.15, -0.1) is 0 Å². The monoisotopic (exact) mass is 840 g/mol. The third kappa shape index (κ3) is 11.1. The Balaban J connectivity index is 0.000000940. The summed E-state index contributed by atoms with van der Waals surface area (Å²) in [5.41, 5.74) is -0.0397. The lowest BCUT2D eigenvalue weighted by molar-refractivity contribution is -0.894. The van der Waals surface area contributed by atoms with Crippen LogP contribution in [0.1, 0.15) is 64.5 Å². The number of aromatic nitrogens is 2. The van der Waals surface area contributed by atoms with E-state index >= 15 is 0 Å². The summed E-state index contributed by atoms with van der Waals surface area (Å²) in [6.07, 6.45) is -2.57. The zero-order valence-corrected chi connectivity index (χ0v) is 37.5. The van der Waals surface area contributed by atoms with Gasteiger partial charge in [-0.05, 0) is 79.9 Å². The maximum absolute atomic E-state index is 13.2. The summed E-state index contributed by atoms with van der Waals surface area (Å²) in [5.74, 6) is 1.35. The highest BCUT2D eigenvalue weighted by atomic mass is 32.7. The summed E-state index contributed by atoms with van der Waals surface area (Å²) in [6, 6.07) is 26.2. The summed E-state index contributed by atoms with van der Waals surface area (Å²) in [4.78, 5) is 29.2. The van der Waals surface area contributed by atoms with Crippen molar-refractivity contribution in [2.45, 2.75) is 89.8 Å². The number of hydrogen-bond donors (Lipinski definition) is 2. The number of H-pyrrole nitrogens is 1. The number of rotatable bonds is 16. The van der Waals surface area contributed by atoms with Crippen molar-refractivity contribution in [3.8, 4) is 11.5 Å². The van der Waals surface area contributed by atoms with Gasteiger partial charge in [-0.1, -0.05) is 79.9 Å². The predicted molar refractivity (Wildman–Crippen MR) is 228 cm³/mol. The van der Waals surface area contributed by atoms with Crippen LogP contribution in [0.3, 0.4) is 0 Å². The molecule has 1 unspecified atom stereocenters. The lowest BCUT2D eigenvalue weighted by Crippen LogP contribution is -3.11. The quantitative estimate of drug-likeness (QED) is 0.0568. The van der Waals surface area contributed by atoms with E-state index in [2.05, 4.69) is 59.6 Å². The number of aromatic amines is 1. The minimum atomic E-state index is -2.57. The largest absolute Gasteiger partial charge is 0.497 e. The van der Waals surface area contributed by atoms with Gasteiger partial charge in [-0.2, -0.15) is 4.52 Å². The molecule has 1 aliphatic heterocycles. The molecule has 0 saturated carbocycles. The van der Waals surface area contributed by atoms with E-state index in [1.54, 1.807) is 19.1 Å². The maximum Gasteiger partial charge on any atom is 0.372 e. The number of ether oxygens (including phenoxy) is 4. The third-order valence-corrected chi connectivity index (χ3v) is 16.1. The molecule has 5 rings (SSSR count). The van der Waals surface area contributed by atoms with Gasteiger partial charge in [0, 0.05) is 12.3 Å². The average Bonchev–Trinajstić information content (AvgIpc) is 3.50. The molecule has 2 heterocycles. The number of methoxy groups -OCH3 is 2. The van der Waals surface area contributed by atoms with Crippen molar-refractivity contribution in [2.24, 2.45) is 0 Å². The summed E-state index contributed by atoms with van der Waals surface area (Å²) < 4.78 is 51.4. The van der Waals surface area contributed by atoms with E-state index in [0.29, 0.717) is 11.5 Å². The summed E-state index contributed by atoms with van der Waals surface area (Å²) in [7, 11) is -1.92. The first kappa shape index (κ1) is 46.1. The topological polar surface area (TPSA) is 132 Å². The van der Waals surface area contributed by atoms with Crippen LogP contribution < -0.4 is 25.6 Å². The molecule has 3 aromatic carbocycles. The van der Waals surface area contributed by atoms with Crippen LogP contribution >= 0.6 is 7.23 Å². The van der Waals surface area contributed by atoms with E-state index in [1.165, 1.54) is 36.5 Å². The molecule has 5 atom stereocenters. The van der Waals surface area contributed by atoms with Crippen LogP contribution in [0, 0.1) is 0 Å². The lowest BCUT2D eigenvalue weighted by atomic mass is 9.80. The van der Waals surface area contributed by atoms with Crippen molar-refractivity contribution in [2.75, 3.05) is 40.5 Å². The Hall–Kier alpha value is -3.59. The maximum atomic E-state index is 13.2. The Kier molecular flexibility index (Phi) is 16.5. The minimum Gasteiger partial charge on any atom is -0.497 e. The molecule has 1 aromatic heterocycles. The smallest absolute Gasteiger partial charge is 0.372 e. The van der Waals surface area contributed by atoms with Crippen molar-refractivity contribution in [1.82, 2.24) is 9.55 Å². The Bertz CT molecular complexity index is 1930. The first-order valence-corrected chi connectivity index (χ1v) is 24.4. The lowest BCUT2D eigenvalue weighted by Gasteiger charge is -2.40. The fourth-order valence-electron chi connectivity index (χ4n) is 6.59. The molecule has 310 valence electrons. The zero-order chi connectivity index (χ0) is 42.0. The second-order valence-corrected chi connectivity index (χ2v) is 21.7. The molecule has 1 fully saturated rings. The Morgan fingerprint density at radius 2 is 1.32 bits per heavy atom. The molecule has 57 heavy (non-hydrogen) atoms. The molecule has 0 spiro atoms. The summed E-state index contributed by atoms with van der Waals surface area (Å²) in [6.45, 7) is 20.7. The van der Waals surface area contributed by atoms with Gasteiger partial charge in [-0.3, -0.25) is 14.3 Å². The first-order chi connectivity index (χ1) is 27.0. The van der Waals surface area contributed by atoms with Gasteiger partial charge in [0.05, 0.1) is 40.5 Å². The fraction of sp³-hybridized carbons (Fsp3) is 0.476. The van der Waals surface area contributed by atoms with E-state index in [9.17, 15) is 14.2 Å². The number of quaternary nitrogens is 1. The van der Waals surface area contributed by atoms with Crippen LogP contribution in [-0.4, -0.2) is 76.6 Å².